The van der Waals surface area contributed by atoms with E-state index in [4.69, 9.17) is 0 Å². The molecule has 1 fully saturated rings. The average Bonchev–Trinajstić information content (AvgIpc) is 3.27. The third-order valence-corrected chi connectivity index (χ3v) is 7.07. The minimum Gasteiger partial charge on any atom is -0.334 e. The molecule has 0 bridgehead atoms. The number of alkyl halides is 3. The van der Waals surface area contributed by atoms with Crippen LogP contribution in [0.3, 0.4) is 0 Å². The highest BCUT2D eigenvalue weighted by Gasteiger charge is 2.35. The zero-order chi connectivity index (χ0) is 26.0. The number of aromatic nitrogens is 3. The lowest BCUT2D eigenvalue weighted by Gasteiger charge is -2.35. The van der Waals surface area contributed by atoms with Crippen molar-refractivity contribution in [1.29, 1.82) is 0 Å². The average molecular weight is 517 g/mol. The van der Waals surface area contributed by atoms with Gasteiger partial charge in [-0.3, -0.25) is 15.0 Å². The van der Waals surface area contributed by atoms with Crippen LogP contribution in [0.15, 0.2) is 42.7 Å². The van der Waals surface area contributed by atoms with Crippen LogP contribution in [0.2, 0.25) is 0 Å². The van der Waals surface area contributed by atoms with Crippen molar-refractivity contribution in [2.45, 2.75) is 51.0 Å². The Kier molecular flexibility index (Phi) is 7.14. The first-order valence-electron chi connectivity index (χ1n) is 12.3. The molecule has 1 saturated heterocycles. The molecule has 0 radical (unpaired) electrons. The van der Waals surface area contributed by atoms with Gasteiger partial charge in [0.05, 0.1) is 17.8 Å². The predicted molar refractivity (Wildman–Crippen MR) is 128 cm³/mol. The number of carbonyl (C=O) groups excluding carboxylic acids is 1. The van der Waals surface area contributed by atoms with E-state index in [-0.39, 0.29) is 24.2 Å². The van der Waals surface area contributed by atoms with Crippen molar-refractivity contribution in [3.8, 4) is 0 Å². The number of likely N-dealkylation sites (tertiary alicyclic amines) is 1. The lowest BCUT2D eigenvalue weighted by atomic mass is 10.0. The number of benzene rings is 1. The van der Waals surface area contributed by atoms with Crippen molar-refractivity contribution in [3.63, 3.8) is 0 Å². The van der Waals surface area contributed by atoms with Gasteiger partial charge in [0.15, 0.2) is 0 Å². The SMILES string of the molecule is O=C(N[C@@H]1CCCN(Cc2c(F)cccc2C(F)(F)F)C1)N1CCc2[nH]nc(Cc3ccncc3)c2C1. The van der Waals surface area contributed by atoms with Crippen molar-refractivity contribution in [2.24, 2.45) is 0 Å². The number of H-pyrrole nitrogens is 1. The fraction of sp³-hybridized carbons (Fsp3) is 0.423. The first kappa shape index (κ1) is 25.2. The summed E-state index contributed by atoms with van der Waals surface area (Å²) < 4.78 is 54.6. The molecule has 11 heteroatoms. The Balaban J connectivity index is 1.21. The summed E-state index contributed by atoms with van der Waals surface area (Å²) in [5.74, 6) is -0.868. The summed E-state index contributed by atoms with van der Waals surface area (Å²) in [6.07, 6.45) is 1.55. The predicted octanol–water partition coefficient (Wildman–Crippen LogP) is 4.29. The molecule has 2 aliphatic heterocycles. The monoisotopic (exact) mass is 516 g/mol. The smallest absolute Gasteiger partial charge is 0.334 e. The second-order valence-electron chi connectivity index (χ2n) is 9.62. The maximum Gasteiger partial charge on any atom is 0.416 e. The highest BCUT2D eigenvalue weighted by molar-refractivity contribution is 5.75. The van der Waals surface area contributed by atoms with Gasteiger partial charge >= 0.3 is 12.2 Å². The fourth-order valence-corrected chi connectivity index (χ4v) is 5.16. The quantitative estimate of drug-likeness (QED) is 0.497. The molecule has 0 unspecified atom stereocenters. The lowest BCUT2D eigenvalue weighted by molar-refractivity contribution is -0.138. The highest BCUT2D eigenvalue weighted by Crippen LogP contribution is 2.34. The number of aromatic amines is 1. The van der Waals surface area contributed by atoms with Gasteiger partial charge in [0.25, 0.3) is 0 Å². The van der Waals surface area contributed by atoms with Gasteiger partial charge in [0.2, 0.25) is 0 Å². The second kappa shape index (κ2) is 10.5. The molecule has 37 heavy (non-hydrogen) atoms. The van der Waals surface area contributed by atoms with E-state index >= 15 is 0 Å². The summed E-state index contributed by atoms with van der Waals surface area (Å²) in [5.41, 5.74) is 2.72. The Morgan fingerprint density at radius 3 is 2.76 bits per heavy atom. The van der Waals surface area contributed by atoms with Gasteiger partial charge in [-0.05, 0) is 49.2 Å². The van der Waals surface area contributed by atoms with E-state index in [1.54, 1.807) is 22.2 Å². The third-order valence-electron chi connectivity index (χ3n) is 7.07. The zero-order valence-electron chi connectivity index (χ0n) is 20.2. The molecule has 0 spiro atoms. The van der Waals surface area contributed by atoms with Crippen LogP contribution < -0.4 is 5.32 Å². The molecule has 2 aliphatic rings. The van der Waals surface area contributed by atoms with Crippen LogP contribution in [-0.4, -0.2) is 56.7 Å². The number of carbonyl (C=O) groups is 1. The zero-order valence-corrected chi connectivity index (χ0v) is 20.2. The van der Waals surface area contributed by atoms with E-state index in [0.29, 0.717) is 51.9 Å². The van der Waals surface area contributed by atoms with Crippen LogP contribution in [0.4, 0.5) is 22.4 Å². The maximum atomic E-state index is 14.3. The molecule has 7 nitrogen and oxygen atoms in total. The Hall–Kier alpha value is -3.47. The van der Waals surface area contributed by atoms with E-state index in [1.165, 1.54) is 0 Å². The van der Waals surface area contributed by atoms with Gasteiger partial charge in [0.1, 0.15) is 5.82 Å². The van der Waals surface area contributed by atoms with Gasteiger partial charge in [0, 0.05) is 67.7 Å². The van der Waals surface area contributed by atoms with E-state index in [1.807, 2.05) is 12.1 Å². The van der Waals surface area contributed by atoms with E-state index < -0.39 is 17.6 Å². The summed E-state index contributed by atoms with van der Waals surface area (Å²) in [5, 5.41) is 10.6. The summed E-state index contributed by atoms with van der Waals surface area (Å²) in [4.78, 5) is 20.7. The van der Waals surface area contributed by atoms with Crippen LogP contribution >= 0.6 is 0 Å². The Bertz CT molecular complexity index is 1250. The number of nitrogens with zero attached hydrogens (tertiary/aromatic N) is 4. The summed E-state index contributed by atoms with van der Waals surface area (Å²) in [6, 6.07) is 6.46. The first-order valence-corrected chi connectivity index (χ1v) is 12.3. The molecule has 3 aromatic rings. The van der Waals surface area contributed by atoms with Gasteiger partial charge in [-0.2, -0.15) is 18.3 Å². The normalized spacial score (nSPS) is 18.5. The molecule has 2 aromatic heterocycles. The number of amides is 2. The van der Waals surface area contributed by atoms with Crippen LogP contribution in [0, 0.1) is 5.82 Å². The molecule has 5 rings (SSSR count). The molecule has 2 N–H and O–H groups in total. The van der Waals surface area contributed by atoms with Crippen molar-refractivity contribution < 1.29 is 22.4 Å². The summed E-state index contributed by atoms with van der Waals surface area (Å²) in [7, 11) is 0. The van der Waals surface area contributed by atoms with Crippen LogP contribution in [0.25, 0.3) is 0 Å². The van der Waals surface area contributed by atoms with Crippen molar-refractivity contribution in [3.05, 3.63) is 82.2 Å². The number of rotatable bonds is 5. The summed E-state index contributed by atoms with van der Waals surface area (Å²) in [6.45, 7) is 1.71. The highest BCUT2D eigenvalue weighted by atomic mass is 19.4. The van der Waals surface area contributed by atoms with E-state index in [9.17, 15) is 22.4 Å². The lowest BCUT2D eigenvalue weighted by Crippen LogP contribution is -2.52. The Morgan fingerprint density at radius 2 is 1.97 bits per heavy atom. The molecular weight excluding hydrogens is 488 g/mol. The number of nitrogens with one attached hydrogen (secondary N) is 2. The summed E-state index contributed by atoms with van der Waals surface area (Å²) >= 11 is 0. The molecule has 1 aromatic carbocycles. The molecular formula is C26H28F4N6O. The van der Waals surface area contributed by atoms with Gasteiger partial charge < -0.3 is 10.2 Å². The molecule has 4 heterocycles. The topological polar surface area (TPSA) is 77.2 Å². The number of halogens is 4. The fourth-order valence-electron chi connectivity index (χ4n) is 5.16. The van der Waals surface area contributed by atoms with Crippen molar-refractivity contribution in [2.75, 3.05) is 19.6 Å². The van der Waals surface area contributed by atoms with E-state index in [0.717, 1.165) is 40.7 Å². The van der Waals surface area contributed by atoms with Crippen LogP contribution in [-0.2, 0) is 32.1 Å². The Morgan fingerprint density at radius 1 is 1.16 bits per heavy atom. The number of hydrogen-bond acceptors (Lipinski definition) is 4. The van der Waals surface area contributed by atoms with Crippen LogP contribution in [0.5, 0.6) is 0 Å². The molecule has 0 saturated carbocycles. The van der Waals surface area contributed by atoms with Gasteiger partial charge in [-0.25, -0.2) is 9.18 Å². The largest absolute Gasteiger partial charge is 0.416 e. The number of hydrogen-bond donors (Lipinski definition) is 2. The Labute approximate surface area is 211 Å². The van der Waals surface area contributed by atoms with Gasteiger partial charge in [-0.1, -0.05) is 6.07 Å². The number of piperidine rings is 1. The number of urea groups is 1. The third kappa shape index (κ3) is 5.76. The van der Waals surface area contributed by atoms with Crippen molar-refractivity contribution in [1.82, 2.24) is 30.3 Å². The van der Waals surface area contributed by atoms with Crippen LogP contribution in [0.1, 0.15) is 46.5 Å². The first-order chi connectivity index (χ1) is 17.8. The number of fused-ring (bicyclic) bond motifs is 1. The minimum atomic E-state index is -4.63. The molecule has 2 amide bonds. The molecule has 0 aliphatic carbocycles. The minimum absolute atomic E-state index is 0.158. The van der Waals surface area contributed by atoms with Gasteiger partial charge in [-0.15, -0.1) is 0 Å². The standard InChI is InChI=1S/C26H28F4N6O/c27-22-5-1-4-21(26(28,29)30)19(22)15-35-11-2-3-18(14-35)32-25(37)36-12-8-23-20(16-36)24(34-33-23)13-17-6-9-31-10-7-17/h1,4-7,9-10,18H,2-3,8,11-16H2,(H,32,37)(H,33,34)/t18-/m1/s1. The van der Waals surface area contributed by atoms with Crippen molar-refractivity contribution >= 4 is 6.03 Å². The number of pyridine rings is 1. The second-order valence-corrected chi connectivity index (χ2v) is 9.62. The maximum absolute atomic E-state index is 14.3. The molecule has 1 atom stereocenters. The molecule has 196 valence electrons. The van der Waals surface area contributed by atoms with E-state index in [2.05, 4.69) is 20.5 Å².